The zero-order valence-electron chi connectivity index (χ0n) is 21.4. The van der Waals surface area contributed by atoms with Crippen molar-refractivity contribution in [2.24, 2.45) is 0 Å². The Kier molecular flexibility index (Phi) is 7.91. The standard InChI is InChI=1S/C28H32ClNO6/c1-6-33-21-10-9-18(14-23(21)34-7-2)25-24-26(31)19-15-20(29)17(5)13-22(19)36-27(24)28(32)30(25)11-8-12-35-16(3)4/h9-10,13-16,25H,6-8,11-12H2,1-5H3. The normalized spacial score (nSPS) is 15.1. The first-order valence-electron chi connectivity index (χ1n) is 12.4. The van der Waals surface area contributed by atoms with Crippen molar-refractivity contribution in [1.82, 2.24) is 4.90 Å². The molecular weight excluding hydrogens is 482 g/mol. The van der Waals surface area contributed by atoms with E-state index < -0.39 is 6.04 Å². The van der Waals surface area contributed by atoms with Crippen LogP contribution in [0, 0.1) is 6.92 Å². The number of halogens is 1. The van der Waals surface area contributed by atoms with Crippen molar-refractivity contribution in [3.63, 3.8) is 0 Å². The number of hydrogen-bond acceptors (Lipinski definition) is 6. The van der Waals surface area contributed by atoms with Gasteiger partial charge in [0, 0.05) is 18.2 Å². The fourth-order valence-electron chi connectivity index (χ4n) is 4.51. The second-order valence-corrected chi connectivity index (χ2v) is 9.43. The molecule has 8 heteroatoms. The number of nitrogens with zero attached hydrogens (tertiary/aromatic N) is 1. The molecule has 1 aromatic heterocycles. The second kappa shape index (κ2) is 10.9. The molecule has 3 aromatic rings. The Balaban J connectivity index is 1.86. The van der Waals surface area contributed by atoms with Crippen molar-refractivity contribution in [2.75, 3.05) is 26.4 Å². The fourth-order valence-corrected chi connectivity index (χ4v) is 4.67. The van der Waals surface area contributed by atoms with Gasteiger partial charge in [-0.15, -0.1) is 0 Å². The molecule has 0 saturated heterocycles. The zero-order valence-corrected chi connectivity index (χ0v) is 22.1. The van der Waals surface area contributed by atoms with E-state index in [1.807, 2.05) is 52.8 Å². The summed E-state index contributed by atoms with van der Waals surface area (Å²) in [4.78, 5) is 29.1. The number of amides is 1. The summed E-state index contributed by atoms with van der Waals surface area (Å²) < 4.78 is 23.3. The lowest BCUT2D eigenvalue weighted by atomic mass is 9.97. The van der Waals surface area contributed by atoms with Crippen LogP contribution in [0.2, 0.25) is 5.02 Å². The Morgan fingerprint density at radius 3 is 2.47 bits per heavy atom. The maximum Gasteiger partial charge on any atom is 0.290 e. The van der Waals surface area contributed by atoms with Crippen LogP contribution in [0.25, 0.3) is 11.0 Å². The van der Waals surface area contributed by atoms with E-state index in [-0.39, 0.29) is 23.2 Å². The van der Waals surface area contributed by atoms with Crippen molar-refractivity contribution in [3.05, 3.63) is 68.0 Å². The molecule has 1 aliphatic heterocycles. The molecule has 4 rings (SSSR count). The minimum atomic E-state index is -0.637. The molecular formula is C28H32ClNO6. The van der Waals surface area contributed by atoms with Crippen LogP contribution in [0.5, 0.6) is 11.5 Å². The Morgan fingerprint density at radius 2 is 1.78 bits per heavy atom. The van der Waals surface area contributed by atoms with Crippen LogP contribution in [0.1, 0.15) is 67.4 Å². The van der Waals surface area contributed by atoms with Crippen LogP contribution >= 0.6 is 11.6 Å². The van der Waals surface area contributed by atoms with Gasteiger partial charge in [0.1, 0.15) is 5.58 Å². The summed E-state index contributed by atoms with van der Waals surface area (Å²) in [6, 6.07) is 8.19. The molecule has 2 aromatic carbocycles. The third-order valence-electron chi connectivity index (χ3n) is 6.12. The average Bonchev–Trinajstić information content (AvgIpc) is 3.11. The molecule has 1 amide bonds. The minimum Gasteiger partial charge on any atom is -0.490 e. The van der Waals surface area contributed by atoms with Crippen molar-refractivity contribution in [2.45, 2.75) is 53.2 Å². The van der Waals surface area contributed by atoms with Gasteiger partial charge in [0.05, 0.1) is 36.3 Å². The molecule has 0 radical (unpaired) electrons. The molecule has 0 bridgehead atoms. The topological polar surface area (TPSA) is 78.2 Å². The summed E-state index contributed by atoms with van der Waals surface area (Å²) in [5.41, 5.74) is 1.90. The smallest absolute Gasteiger partial charge is 0.290 e. The second-order valence-electron chi connectivity index (χ2n) is 9.02. The summed E-state index contributed by atoms with van der Waals surface area (Å²) in [5.74, 6) is 0.913. The van der Waals surface area contributed by atoms with Gasteiger partial charge in [-0.05, 0) is 76.4 Å². The first-order chi connectivity index (χ1) is 17.3. The lowest BCUT2D eigenvalue weighted by Crippen LogP contribution is -2.31. The molecule has 2 heterocycles. The first kappa shape index (κ1) is 26.0. The van der Waals surface area contributed by atoms with Crippen LogP contribution in [-0.2, 0) is 4.74 Å². The van der Waals surface area contributed by atoms with E-state index >= 15 is 0 Å². The molecule has 36 heavy (non-hydrogen) atoms. The van der Waals surface area contributed by atoms with Crippen LogP contribution in [0.3, 0.4) is 0 Å². The number of fused-ring (bicyclic) bond motifs is 2. The fraction of sp³-hybridized carbons (Fsp3) is 0.429. The molecule has 1 unspecified atom stereocenters. The molecule has 192 valence electrons. The Morgan fingerprint density at radius 1 is 1.06 bits per heavy atom. The SMILES string of the molecule is CCOc1ccc(C2c3c(oc4cc(C)c(Cl)cc4c3=O)C(=O)N2CCCOC(C)C)cc1OCC. The van der Waals surface area contributed by atoms with E-state index in [0.29, 0.717) is 65.8 Å². The molecule has 0 aliphatic carbocycles. The number of ether oxygens (including phenoxy) is 3. The average molecular weight is 514 g/mol. The first-order valence-corrected chi connectivity index (χ1v) is 12.7. The van der Waals surface area contributed by atoms with Gasteiger partial charge < -0.3 is 23.5 Å². The molecule has 1 aliphatic rings. The summed E-state index contributed by atoms with van der Waals surface area (Å²) in [7, 11) is 0. The van der Waals surface area contributed by atoms with Gasteiger partial charge in [0.2, 0.25) is 5.76 Å². The predicted octanol–water partition coefficient (Wildman–Crippen LogP) is 5.91. The highest BCUT2D eigenvalue weighted by Crippen LogP contribution is 2.41. The summed E-state index contributed by atoms with van der Waals surface area (Å²) in [5, 5.41) is 0.820. The van der Waals surface area contributed by atoms with E-state index in [9.17, 15) is 9.59 Å². The van der Waals surface area contributed by atoms with Crippen molar-refractivity contribution < 1.29 is 23.4 Å². The van der Waals surface area contributed by atoms with E-state index in [2.05, 4.69) is 0 Å². The molecule has 0 N–H and O–H groups in total. The monoisotopic (exact) mass is 513 g/mol. The van der Waals surface area contributed by atoms with Gasteiger partial charge >= 0.3 is 0 Å². The highest BCUT2D eigenvalue weighted by Gasteiger charge is 2.42. The van der Waals surface area contributed by atoms with Gasteiger partial charge in [-0.2, -0.15) is 0 Å². The summed E-state index contributed by atoms with van der Waals surface area (Å²) in [6.07, 6.45) is 0.705. The Hall–Kier alpha value is -3.03. The van der Waals surface area contributed by atoms with Crippen LogP contribution in [-0.4, -0.2) is 43.3 Å². The minimum absolute atomic E-state index is 0.0656. The van der Waals surface area contributed by atoms with Crippen molar-refractivity contribution >= 4 is 28.5 Å². The van der Waals surface area contributed by atoms with Gasteiger partial charge in [0.15, 0.2) is 16.9 Å². The maximum absolute atomic E-state index is 13.8. The summed E-state index contributed by atoms with van der Waals surface area (Å²) >= 11 is 6.33. The number of aryl methyl sites for hydroxylation is 1. The quantitative estimate of drug-likeness (QED) is 0.313. The van der Waals surface area contributed by atoms with Crippen LogP contribution in [0.15, 0.2) is 39.5 Å². The van der Waals surface area contributed by atoms with E-state index in [0.717, 1.165) is 11.1 Å². The highest BCUT2D eigenvalue weighted by molar-refractivity contribution is 6.32. The van der Waals surface area contributed by atoms with Gasteiger partial charge in [-0.3, -0.25) is 9.59 Å². The zero-order chi connectivity index (χ0) is 26.0. The molecule has 0 spiro atoms. The Bertz CT molecular complexity index is 1330. The number of hydrogen-bond donors (Lipinski definition) is 0. The van der Waals surface area contributed by atoms with Gasteiger partial charge in [-0.25, -0.2) is 0 Å². The van der Waals surface area contributed by atoms with Gasteiger partial charge in [0.25, 0.3) is 5.91 Å². The summed E-state index contributed by atoms with van der Waals surface area (Å²) in [6.45, 7) is 11.4. The number of rotatable bonds is 10. The van der Waals surface area contributed by atoms with Crippen molar-refractivity contribution in [1.29, 1.82) is 0 Å². The highest BCUT2D eigenvalue weighted by atomic mass is 35.5. The number of benzene rings is 2. The number of carbonyl (C=O) groups is 1. The van der Waals surface area contributed by atoms with Crippen molar-refractivity contribution in [3.8, 4) is 11.5 Å². The molecule has 0 fully saturated rings. The third-order valence-corrected chi connectivity index (χ3v) is 6.53. The molecule has 0 saturated carbocycles. The van der Waals surface area contributed by atoms with E-state index in [1.165, 1.54) is 0 Å². The lowest BCUT2D eigenvalue weighted by Gasteiger charge is -2.26. The largest absolute Gasteiger partial charge is 0.490 e. The molecule has 7 nitrogen and oxygen atoms in total. The van der Waals surface area contributed by atoms with E-state index in [1.54, 1.807) is 17.0 Å². The predicted molar refractivity (Wildman–Crippen MR) is 140 cm³/mol. The maximum atomic E-state index is 13.8. The number of carbonyl (C=O) groups excluding carboxylic acids is 1. The lowest BCUT2D eigenvalue weighted by molar-refractivity contribution is 0.0593. The van der Waals surface area contributed by atoms with Crippen LogP contribution < -0.4 is 14.9 Å². The van der Waals surface area contributed by atoms with Crippen LogP contribution in [0.4, 0.5) is 0 Å². The molecule has 1 atom stereocenters. The third kappa shape index (κ3) is 4.95. The Labute approximate surface area is 215 Å². The van der Waals surface area contributed by atoms with Gasteiger partial charge in [-0.1, -0.05) is 17.7 Å². The van der Waals surface area contributed by atoms with E-state index in [4.69, 9.17) is 30.2 Å².